The van der Waals surface area contributed by atoms with Crippen LogP contribution in [0.25, 0.3) is 6.08 Å². The van der Waals surface area contributed by atoms with Gasteiger partial charge in [0.15, 0.2) is 0 Å². The summed E-state index contributed by atoms with van der Waals surface area (Å²) >= 11 is 0. The van der Waals surface area contributed by atoms with Crippen molar-refractivity contribution >= 4 is 12.0 Å². The van der Waals surface area contributed by atoms with E-state index in [1.54, 1.807) is 12.2 Å². The van der Waals surface area contributed by atoms with Crippen LogP contribution in [0.2, 0.25) is 0 Å². The molecule has 74 valence electrons. The molecule has 0 spiro atoms. The van der Waals surface area contributed by atoms with Gasteiger partial charge in [-0.05, 0) is 25.1 Å². The van der Waals surface area contributed by atoms with Crippen molar-refractivity contribution in [3.8, 4) is 0 Å². The number of aryl methyl sites for hydroxylation is 1. The van der Waals surface area contributed by atoms with Crippen LogP contribution in [0.1, 0.15) is 11.5 Å². The van der Waals surface area contributed by atoms with E-state index in [0.717, 1.165) is 5.76 Å². The molecule has 0 saturated carbocycles. The number of amides is 1. The summed E-state index contributed by atoms with van der Waals surface area (Å²) in [4.78, 5) is 11.1. The molecule has 3 nitrogen and oxygen atoms in total. The van der Waals surface area contributed by atoms with E-state index in [1.165, 1.54) is 6.08 Å². The second-order valence-corrected chi connectivity index (χ2v) is 2.82. The molecule has 1 N–H and O–H groups in total. The summed E-state index contributed by atoms with van der Waals surface area (Å²) in [5.74, 6) is 1.35. The molecular weight excluding hydrogens is 178 g/mol. The van der Waals surface area contributed by atoms with Crippen molar-refractivity contribution in [2.24, 2.45) is 0 Å². The highest BCUT2D eigenvalue weighted by molar-refractivity contribution is 5.91. The lowest BCUT2D eigenvalue weighted by atomic mass is 10.4. The molecule has 0 unspecified atom stereocenters. The molecule has 0 aliphatic carbocycles. The van der Waals surface area contributed by atoms with Gasteiger partial charge in [-0.3, -0.25) is 4.79 Å². The van der Waals surface area contributed by atoms with E-state index in [-0.39, 0.29) is 5.91 Å². The van der Waals surface area contributed by atoms with Crippen LogP contribution >= 0.6 is 0 Å². The molecule has 3 heteroatoms. The van der Waals surface area contributed by atoms with Gasteiger partial charge in [0.05, 0.1) is 0 Å². The normalized spacial score (nSPS) is 10.4. The van der Waals surface area contributed by atoms with Crippen LogP contribution in [0.4, 0.5) is 0 Å². The van der Waals surface area contributed by atoms with Crippen LogP contribution in [0.3, 0.4) is 0 Å². The third-order valence-electron chi connectivity index (χ3n) is 1.58. The fourth-order valence-electron chi connectivity index (χ4n) is 0.933. The quantitative estimate of drug-likeness (QED) is 0.583. The highest BCUT2D eigenvalue weighted by atomic mass is 16.3. The van der Waals surface area contributed by atoms with Gasteiger partial charge in [0.25, 0.3) is 0 Å². The number of rotatable bonds is 4. The summed E-state index contributed by atoms with van der Waals surface area (Å²) in [6.45, 7) is 5.83. The molecule has 0 bridgehead atoms. The van der Waals surface area contributed by atoms with E-state index in [1.807, 2.05) is 19.1 Å². The van der Waals surface area contributed by atoms with Crippen molar-refractivity contribution < 1.29 is 9.21 Å². The average Bonchev–Trinajstić information content (AvgIpc) is 2.58. The van der Waals surface area contributed by atoms with Gasteiger partial charge in [0, 0.05) is 12.6 Å². The zero-order valence-corrected chi connectivity index (χ0v) is 8.12. The van der Waals surface area contributed by atoms with Crippen molar-refractivity contribution in [2.75, 3.05) is 6.54 Å². The largest absolute Gasteiger partial charge is 0.462 e. The molecule has 0 aliphatic heterocycles. The molecule has 0 saturated heterocycles. The average molecular weight is 191 g/mol. The predicted octanol–water partition coefficient (Wildman–Crippen LogP) is 1.90. The molecule has 1 amide bonds. The minimum atomic E-state index is -0.154. The molecule has 1 rings (SSSR count). The molecule has 0 aromatic carbocycles. The molecule has 0 fully saturated rings. The van der Waals surface area contributed by atoms with Crippen LogP contribution in [0.5, 0.6) is 0 Å². The van der Waals surface area contributed by atoms with Crippen molar-refractivity contribution in [1.82, 2.24) is 5.32 Å². The first kappa shape index (κ1) is 10.3. The summed E-state index contributed by atoms with van der Waals surface area (Å²) in [6.07, 6.45) is 4.69. The third-order valence-corrected chi connectivity index (χ3v) is 1.58. The first-order chi connectivity index (χ1) is 6.72. The van der Waals surface area contributed by atoms with Crippen molar-refractivity contribution in [3.63, 3.8) is 0 Å². The summed E-state index contributed by atoms with van der Waals surface area (Å²) in [6, 6.07) is 3.66. The number of carbonyl (C=O) groups is 1. The van der Waals surface area contributed by atoms with E-state index in [0.29, 0.717) is 12.3 Å². The maximum atomic E-state index is 11.1. The van der Waals surface area contributed by atoms with Gasteiger partial charge in [-0.2, -0.15) is 0 Å². The fraction of sp³-hybridized carbons (Fsp3) is 0.182. The zero-order valence-electron chi connectivity index (χ0n) is 8.12. The minimum absolute atomic E-state index is 0.154. The maximum absolute atomic E-state index is 11.1. The van der Waals surface area contributed by atoms with E-state index >= 15 is 0 Å². The van der Waals surface area contributed by atoms with Crippen molar-refractivity contribution in [1.29, 1.82) is 0 Å². The Kier molecular flexibility index (Phi) is 3.73. The lowest BCUT2D eigenvalue weighted by Crippen LogP contribution is -2.20. The SMILES string of the molecule is C=CCNC(=O)C=Cc1ccc(C)o1. The Morgan fingerprint density at radius 3 is 3.00 bits per heavy atom. The topological polar surface area (TPSA) is 42.2 Å². The molecule has 1 aromatic heterocycles. The molecule has 0 atom stereocenters. The second-order valence-electron chi connectivity index (χ2n) is 2.82. The lowest BCUT2D eigenvalue weighted by molar-refractivity contribution is -0.116. The van der Waals surface area contributed by atoms with Crippen molar-refractivity contribution in [3.05, 3.63) is 42.4 Å². The predicted molar refractivity (Wildman–Crippen MR) is 55.7 cm³/mol. The van der Waals surface area contributed by atoms with E-state index in [2.05, 4.69) is 11.9 Å². The Morgan fingerprint density at radius 1 is 1.64 bits per heavy atom. The smallest absolute Gasteiger partial charge is 0.244 e. The van der Waals surface area contributed by atoms with Gasteiger partial charge >= 0.3 is 0 Å². The van der Waals surface area contributed by atoms with Gasteiger partial charge in [0.2, 0.25) is 5.91 Å². The van der Waals surface area contributed by atoms with E-state index in [4.69, 9.17) is 4.42 Å². The van der Waals surface area contributed by atoms with Gasteiger partial charge in [-0.25, -0.2) is 0 Å². The van der Waals surface area contributed by atoms with Crippen molar-refractivity contribution in [2.45, 2.75) is 6.92 Å². The number of carbonyl (C=O) groups excluding carboxylic acids is 1. The van der Waals surface area contributed by atoms with E-state index < -0.39 is 0 Å². The Bertz CT molecular complexity index is 350. The van der Waals surface area contributed by atoms with Gasteiger partial charge in [-0.15, -0.1) is 6.58 Å². The maximum Gasteiger partial charge on any atom is 0.244 e. The highest BCUT2D eigenvalue weighted by Crippen LogP contribution is 2.07. The monoisotopic (exact) mass is 191 g/mol. The van der Waals surface area contributed by atoms with Crippen LogP contribution in [-0.2, 0) is 4.79 Å². The molecule has 0 radical (unpaired) electrons. The van der Waals surface area contributed by atoms with Crippen LogP contribution in [0.15, 0.2) is 35.3 Å². The first-order valence-electron chi connectivity index (χ1n) is 4.35. The van der Waals surface area contributed by atoms with Gasteiger partial charge in [0.1, 0.15) is 11.5 Å². The number of furan rings is 1. The summed E-state index contributed by atoms with van der Waals surface area (Å²) in [7, 11) is 0. The Balaban J connectivity index is 2.47. The number of hydrogen-bond donors (Lipinski definition) is 1. The van der Waals surface area contributed by atoms with Crippen LogP contribution in [-0.4, -0.2) is 12.5 Å². The highest BCUT2D eigenvalue weighted by Gasteiger charge is 1.95. The number of nitrogens with one attached hydrogen (secondary N) is 1. The Hall–Kier alpha value is -1.77. The molecule has 1 aromatic rings. The number of hydrogen-bond acceptors (Lipinski definition) is 2. The second kappa shape index (κ2) is 5.07. The summed E-state index contributed by atoms with van der Waals surface area (Å²) in [5.41, 5.74) is 0. The van der Waals surface area contributed by atoms with Crippen LogP contribution < -0.4 is 5.32 Å². The standard InChI is InChI=1S/C11H13NO2/c1-3-8-12-11(13)7-6-10-5-4-9(2)14-10/h3-7H,1,8H2,2H3,(H,12,13). The van der Waals surface area contributed by atoms with Gasteiger partial charge < -0.3 is 9.73 Å². The molecule has 1 heterocycles. The third kappa shape index (κ3) is 3.31. The lowest BCUT2D eigenvalue weighted by Gasteiger charge is -1.94. The van der Waals surface area contributed by atoms with E-state index in [9.17, 15) is 4.79 Å². The van der Waals surface area contributed by atoms with Crippen LogP contribution in [0, 0.1) is 6.92 Å². The molecular formula is C11H13NO2. The molecule has 0 aliphatic rings. The summed E-state index contributed by atoms with van der Waals surface area (Å²) < 4.78 is 5.25. The Morgan fingerprint density at radius 2 is 2.43 bits per heavy atom. The fourth-order valence-corrected chi connectivity index (χ4v) is 0.933. The van der Waals surface area contributed by atoms with Gasteiger partial charge in [-0.1, -0.05) is 6.08 Å². The summed E-state index contributed by atoms with van der Waals surface area (Å²) in [5, 5.41) is 2.62. The molecule has 14 heavy (non-hydrogen) atoms. The minimum Gasteiger partial charge on any atom is -0.462 e. The Labute approximate surface area is 83.1 Å². The first-order valence-corrected chi connectivity index (χ1v) is 4.35. The zero-order chi connectivity index (χ0) is 10.4.